The second-order valence-corrected chi connectivity index (χ2v) is 6.68. The highest BCUT2D eigenvalue weighted by molar-refractivity contribution is 5.94. The smallest absolute Gasteiger partial charge is 0.253 e. The van der Waals surface area contributed by atoms with Gasteiger partial charge >= 0.3 is 0 Å². The normalized spacial score (nSPS) is 17.7. The Morgan fingerprint density at radius 2 is 2.24 bits per heavy atom. The van der Waals surface area contributed by atoms with Crippen LogP contribution in [0.2, 0.25) is 0 Å². The molecule has 1 N–H and O–H groups in total. The van der Waals surface area contributed by atoms with Crippen LogP contribution in [0.15, 0.2) is 29.3 Å². The van der Waals surface area contributed by atoms with Gasteiger partial charge in [0.2, 0.25) is 0 Å². The summed E-state index contributed by atoms with van der Waals surface area (Å²) in [6, 6.07) is 7.83. The molecule has 1 aromatic carbocycles. The zero-order chi connectivity index (χ0) is 18.2. The van der Waals surface area contributed by atoms with Crippen LogP contribution in [0.1, 0.15) is 22.3 Å². The zero-order valence-electron chi connectivity index (χ0n) is 15.8. The standard InChI is InChI=1S/C19H30N4O2/c1-20-19(23-11-9-16(13-23)14-25-4)21-10-8-15-6-5-7-17(12-15)18(24)22(2)3/h5-7,12,16H,8-11,13-14H2,1-4H3,(H,20,21). The van der Waals surface area contributed by atoms with E-state index in [-0.39, 0.29) is 5.91 Å². The van der Waals surface area contributed by atoms with Gasteiger partial charge in [-0.25, -0.2) is 0 Å². The lowest BCUT2D eigenvalue weighted by Crippen LogP contribution is -2.41. The maximum Gasteiger partial charge on any atom is 0.253 e. The van der Waals surface area contributed by atoms with E-state index in [1.165, 1.54) is 0 Å². The summed E-state index contributed by atoms with van der Waals surface area (Å²) in [5, 5.41) is 3.43. The summed E-state index contributed by atoms with van der Waals surface area (Å²) < 4.78 is 5.26. The van der Waals surface area contributed by atoms with E-state index in [2.05, 4.69) is 21.3 Å². The number of guanidine groups is 1. The third kappa shape index (κ3) is 5.46. The van der Waals surface area contributed by atoms with Crippen LogP contribution in [0.3, 0.4) is 0 Å². The number of methoxy groups -OCH3 is 1. The van der Waals surface area contributed by atoms with Crippen LogP contribution in [0, 0.1) is 5.92 Å². The summed E-state index contributed by atoms with van der Waals surface area (Å²) in [7, 11) is 7.12. The monoisotopic (exact) mass is 346 g/mol. The van der Waals surface area contributed by atoms with Gasteiger partial charge in [-0.05, 0) is 30.5 Å². The van der Waals surface area contributed by atoms with E-state index in [4.69, 9.17) is 4.74 Å². The molecule has 0 radical (unpaired) electrons. The highest BCUT2D eigenvalue weighted by Gasteiger charge is 2.24. The van der Waals surface area contributed by atoms with E-state index in [0.29, 0.717) is 5.92 Å². The average Bonchev–Trinajstić information content (AvgIpc) is 3.07. The Labute approximate surface area is 150 Å². The lowest BCUT2D eigenvalue weighted by atomic mass is 10.1. The number of ether oxygens (including phenoxy) is 1. The van der Waals surface area contributed by atoms with Crippen molar-refractivity contribution < 1.29 is 9.53 Å². The fourth-order valence-electron chi connectivity index (χ4n) is 3.17. The van der Waals surface area contributed by atoms with Gasteiger partial charge in [-0.2, -0.15) is 0 Å². The second kappa shape index (κ2) is 9.42. The van der Waals surface area contributed by atoms with Crippen molar-refractivity contribution in [3.63, 3.8) is 0 Å². The lowest BCUT2D eigenvalue weighted by molar-refractivity contribution is 0.0827. The molecule has 1 saturated heterocycles. The quantitative estimate of drug-likeness (QED) is 0.626. The van der Waals surface area contributed by atoms with Gasteiger partial charge in [0.1, 0.15) is 0 Å². The van der Waals surface area contributed by atoms with E-state index in [1.54, 1.807) is 26.1 Å². The number of likely N-dealkylation sites (tertiary alicyclic amines) is 1. The van der Waals surface area contributed by atoms with Gasteiger partial charge in [-0.1, -0.05) is 12.1 Å². The van der Waals surface area contributed by atoms with Crippen LogP contribution in [-0.4, -0.2) is 76.2 Å². The summed E-state index contributed by atoms with van der Waals surface area (Å²) in [5.41, 5.74) is 1.88. The lowest BCUT2D eigenvalue weighted by Gasteiger charge is -2.21. The Bertz CT molecular complexity index is 601. The molecule has 6 nitrogen and oxygen atoms in total. The van der Waals surface area contributed by atoms with E-state index in [9.17, 15) is 4.79 Å². The number of carbonyl (C=O) groups is 1. The first-order valence-corrected chi connectivity index (χ1v) is 8.80. The van der Waals surface area contributed by atoms with Crippen molar-refractivity contribution in [3.8, 4) is 0 Å². The first-order valence-electron chi connectivity index (χ1n) is 8.80. The van der Waals surface area contributed by atoms with Crippen molar-refractivity contribution >= 4 is 11.9 Å². The molecule has 0 aliphatic carbocycles. The van der Waals surface area contributed by atoms with Crippen LogP contribution in [0.5, 0.6) is 0 Å². The highest BCUT2D eigenvalue weighted by Crippen LogP contribution is 2.16. The molecule has 0 saturated carbocycles. The number of benzene rings is 1. The number of rotatable bonds is 6. The molecule has 2 rings (SSSR count). The Balaban J connectivity index is 1.85. The summed E-state index contributed by atoms with van der Waals surface area (Å²) >= 11 is 0. The van der Waals surface area contributed by atoms with Gasteiger partial charge in [-0.15, -0.1) is 0 Å². The average molecular weight is 346 g/mol. The number of nitrogens with zero attached hydrogens (tertiary/aromatic N) is 3. The topological polar surface area (TPSA) is 57.2 Å². The van der Waals surface area contributed by atoms with Gasteiger partial charge in [0.05, 0.1) is 6.61 Å². The Hall–Kier alpha value is -2.08. The largest absolute Gasteiger partial charge is 0.384 e. The summed E-state index contributed by atoms with van der Waals surface area (Å²) in [4.78, 5) is 20.3. The molecule has 25 heavy (non-hydrogen) atoms. The number of hydrogen-bond acceptors (Lipinski definition) is 3. The number of aliphatic imine (C=N–C) groups is 1. The van der Waals surface area contributed by atoms with Crippen LogP contribution < -0.4 is 5.32 Å². The van der Waals surface area contributed by atoms with Crippen molar-refractivity contribution in [2.24, 2.45) is 10.9 Å². The fourth-order valence-corrected chi connectivity index (χ4v) is 3.17. The number of amides is 1. The maximum absolute atomic E-state index is 12.1. The Morgan fingerprint density at radius 3 is 2.92 bits per heavy atom. The molecule has 6 heteroatoms. The Morgan fingerprint density at radius 1 is 1.44 bits per heavy atom. The SMILES string of the molecule is CN=C(NCCc1cccc(C(=O)N(C)C)c1)N1CCC(COC)C1. The van der Waals surface area contributed by atoms with Crippen molar-refractivity contribution in [2.75, 3.05) is 54.5 Å². The Kier molecular flexibility index (Phi) is 7.25. The van der Waals surface area contributed by atoms with Crippen molar-refractivity contribution in [1.29, 1.82) is 0 Å². The molecule has 1 amide bonds. The first kappa shape index (κ1) is 19.2. The molecular formula is C19H30N4O2. The minimum absolute atomic E-state index is 0.0341. The third-order valence-electron chi connectivity index (χ3n) is 4.48. The molecule has 1 fully saturated rings. The molecule has 0 bridgehead atoms. The molecular weight excluding hydrogens is 316 g/mol. The minimum atomic E-state index is 0.0341. The number of carbonyl (C=O) groups excluding carboxylic acids is 1. The first-order chi connectivity index (χ1) is 12.0. The van der Waals surface area contributed by atoms with Crippen LogP contribution in [0.25, 0.3) is 0 Å². The zero-order valence-corrected chi connectivity index (χ0v) is 15.8. The van der Waals surface area contributed by atoms with Crippen molar-refractivity contribution in [3.05, 3.63) is 35.4 Å². The maximum atomic E-state index is 12.1. The van der Waals surface area contributed by atoms with Gasteiger partial charge in [0.25, 0.3) is 5.91 Å². The van der Waals surface area contributed by atoms with Crippen LogP contribution in [-0.2, 0) is 11.2 Å². The molecule has 1 aromatic rings. The van der Waals surface area contributed by atoms with Gasteiger partial charge in [-0.3, -0.25) is 9.79 Å². The molecule has 0 aromatic heterocycles. The molecule has 1 heterocycles. The summed E-state index contributed by atoms with van der Waals surface area (Å²) in [6.45, 7) is 3.60. The summed E-state index contributed by atoms with van der Waals surface area (Å²) in [6.07, 6.45) is 1.99. The van der Waals surface area contributed by atoms with Crippen molar-refractivity contribution in [1.82, 2.24) is 15.1 Å². The predicted molar refractivity (Wildman–Crippen MR) is 101 cm³/mol. The number of nitrogens with one attached hydrogen (secondary N) is 1. The minimum Gasteiger partial charge on any atom is -0.384 e. The molecule has 1 unspecified atom stereocenters. The molecule has 1 aliphatic rings. The van der Waals surface area contributed by atoms with E-state index >= 15 is 0 Å². The van der Waals surface area contributed by atoms with Gasteiger partial charge < -0.3 is 19.9 Å². The van der Waals surface area contributed by atoms with E-state index < -0.39 is 0 Å². The summed E-state index contributed by atoms with van der Waals surface area (Å²) in [5.74, 6) is 1.56. The second-order valence-electron chi connectivity index (χ2n) is 6.68. The fraction of sp³-hybridized carbons (Fsp3) is 0.579. The highest BCUT2D eigenvalue weighted by atomic mass is 16.5. The molecule has 0 spiro atoms. The van der Waals surface area contributed by atoms with Gasteiger partial charge in [0, 0.05) is 59.4 Å². The van der Waals surface area contributed by atoms with E-state index in [1.807, 2.05) is 25.2 Å². The number of hydrogen-bond donors (Lipinski definition) is 1. The molecule has 138 valence electrons. The molecule has 1 aliphatic heterocycles. The van der Waals surface area contributed by atoms with Gasteiger partial charge in [0.15, 0.2) is 5.96 Å². The predicted octanol–water partition coefficient (Wildman–Crippen LogP) is 1.47. The van der Waals surface area contributed by atoms with Crippen molar-refractivity contribution in [2.45, 2.75) is 12.8 Å². The molecule has 1 atom stereocenters. The van der Waals surface area contributed by atoms with Crippen LogP contribution >= 0.6 is 0 Å². The third-order valence-corrected chi connectivity index (χ3v) is 4.48. The van der Waals surface area contributed by atoms with E-state index in [0.717, 1.165) is 56.2 Å². The van der Waals surface area contributed by atoms with Crippen LogP contribution in [0.4, 0.5) is 0 Å².